The monoisotopic (exact) mass is 218 g/mol. The van der Waals surface area contributed by atoms with Crippen LogP contribution in [0.5, 0.6) is 0 Å². The largest absolute Gasteiger partial charge is 0.398 e. The second-order valence-electron chi connectivity index (χ2n) is 3.48. The Morgan fingerprint density at radius 2 is 2.00 bits per heavy atom. The molecule has 0 aliphatic heterocycles. The molecule has 0 aliphatic carbocycles. The Balaban J connectivity index is 2.54. The van der Waals surface area contributed by atoms with Crippen molar-refractivity contribution in [1.29, 1.82) is 0 Å². The summed E-state index contributed by atoms with van der Waals surface area (Å²) in [5.74, 6) is 0. The van der Waals surface area contributed by atoms with Gasteiger partial charge in [-0.2, -0.15) is 0 Å². The fourth-order valence-electron chi connectivity index (χ4n) is 1.50. The summed E-state index contributed by atoms with van der Waals surface area (Å²) in [4.78, 5) is 4.14. The van der Waals surface area contributed by atoms with Gasteiger partial charge >= 0.3 is 0 Å². The predicted molar refractivity (Wildman–Crippen MR) is 63.8 cm³/mol. The van der Waals surface area contributed by atoms with Gasteiger partial charge in [0.1, 0.15) is 0 Å². The molecule has 1 aromatic carbocycles. The highest BCUT2D eigenvalue weighted by Crippen LogP contribution is 2.28. The molecule has 0 bridgehead atoms. The predicted octanol–water partition coefficient (Wildman–Crippen LogP) is 3.29. The molecule has 2 N–H and O–H groups in total. The number of aromatic nitrogens is 1. The van der Waals surface area contributed by atoms with Gasteiger partial charge in [0, 0.05) is 34.2 Å². The molecule has 0 radical (unpaired) electrons. The van der Waals surface area contributed by atoms with Crippen molar-refractivity contribution in [3.05, 3.63) is 47.2 Å². The van der Waals surface area contributed by atoms with Crippen molar-refractivity contribution in [3.8, 4) is 11.1 Å². The van der Waals surface area contributed by atoms with Gasteiger partial charge in [0.2, 0.25) is 0 Å². The minimum absolute atomic E-state index is 0.650. The number of hydrogen-bond acceptors (Lipinski definition) is 2. The maximum atomic E-state index is 5.89. The van der Waals surface area contributed by atoms with Crippen LogP contribution in [-0.4, -0.2) is 4.98 Å². The lowest BCUT2D eigenvalue weighted by atomic mass is 10.0. The van der Waals surface area contributed by atoms with Crippen LogP contribution in [-0.2, 0) is 0 Å². The molecule has 0 saturated carbocycles. The standard InChI is InChI=1S/C12H11ClN2/c1-8-4-9(7-15-6-8)11-3-2-10(13)5-12(11)14/h2-7H,14H2,1H3. The molecular formula is C12H11ClN2. The van der Waals surface area contributed by atoms with E-state index in [1.54, 1.807) is 12.3 Å². The maximum absolute atomic E-state index is 5.89. The van der Waals surface area contributed by atoms with Crippen molar-refractivity contribution < 1.29 is 0 Å². The van der Waals surface area contributed by atoms with Crippen molar-refractivity contribution >= 4 is 17.3 Å². The first-order valence-corrected chi connectivity index (χ1v) is 5.01. The molecule has 0 fully saturated rings. The smallest absolute Gasteiger partial charge is 0.0426 e. The number of nitrogen functional groups attached to an aromatic ring is 1. The summed E-state index contributed by atoms with van der Waals surface area (Å²) < 4.78 is 0. The lowest BCUT2D eigenvalue weighted by Gasteiger charge is -2.06. The zero-order valence-corrected chi connectivity index (χ0v) is 9.12. The first kappa shape index (κ1) is 9.99. The van der Waals surface area contributed by atoms with Crippen LogP contribution in [0.2, 0.25) is 5.02 Å². The SMILES string of the molecule is Cc1cncc(-c2ccc(Cl)cc2N)c1. The highest BCUT2D eigenvalue weighted by molar-refractivity contribution is 6.31. The van der Waals surface area contributed by atoms with Crippen LogP contribution in [0, 0.1) is 6.92 Å². The number of nitrogens with zero attached hydrogens (tertiary/aromatic N) is 1. The number of halogens is 1. The molecular weight excluding hydrogens is 208 g/mol. The summed E-state index contributed by atoms with van der Waals surface area (Å²) in [6, 6.07) is 7.54. The Labute approximate surface area is 93.7 Å². The first-order chi connectivity index (χ1) is 7.16. The normalized spacial score (nSPS) is 10.3. The van der Waals surface area contributed by atoms with Crippen LogP contribution in [0.3, 0.4) is 0 Å². The van der Waals surface area contributed by atoms with Gasteiger partial charge in [-0.15, -0.1) is 0 Å². The Morgan fingerprint density at radius 1 is 1.20 bits per heavy atom. The van der Waals surface area contributed by atoms with E-state index in [1.807, 2.05) is 31.3 Å². The molecule has 0 atom stereocenters. The van der Waals surface area contributed by atoms with E-state index in [4.69, 9.17) is 17.3 Å². The summed E-state index contributed by atoms with van der Waals surface area (Å²) in [5.41, 5.74) is 9.67. The van der Waals surface area contributed by atoms with Gasteiger partial charge in [0.25, 0.3) is 0 Å². The zero-order valence-electron chi connectivity index (χ0n) is 8.37. The Hall–Kier alpha value is -1.54. The average Bonchev–Trinajstić information content (AvgIpc) is 2.17. The topological polar surface area (TPSA) is 38.9 Å². The van der Waals surface area contributed by atoms with E-state index in [0.717, 1.165) is 16.7 Å². The van der Waals surface area contributed by atoms with Gasteiger partial charge < -0.3 is 5.73 Å². The summed E-state index contributed by atoms with van der Waals surface area (Å²) in [7, 11) is 0. The van der Waals surface area contributed by atoms with E-state index in [1.165, 1.54) is 0 Å². The number of pyridine rings is 1. The first-order valence-electron chi connectivity index (χ1n) is 4.64. The molecule has 2 rings (SSSR count). The minimum atomic E-state index is 0.650. The second-order valence-corrected chi connectivity index (χ2v) is 3.92. The summed E-state index contributed by atoms with van der Waals surface area (Å²) in [6.07, 6.45) is 3.61. The number of aryl methyl sites for hydroxylation is 1. The molecule has 0 amide bonds. The molecule has 2 nitrogen and oxygen atoms in total. The highest BCUT2D eigenvalue weighted by Gasteiger charge is 2.03. The summed E-state index contributed by atoms with van der Waals surface area (Å²) in [6.45, 7) is 2.00. The van der Waals surface area contributed by atoms with Gasteiger partial charge in [-0.05, 0) is 30.7 Å². The van der Waals surface area contributed by atoms with Crippen molar-refractivity contribution in [2.24, 2.45) is 0 Å². The average molecular weight is 219 g/mol. The quantitative estimate of drug-likeness (QED) is 0.746. The third-order valence-electron chi connectivity index (χ3n) is 2.20. The van der Waals surface area contributed by atoms with Crippen LogP contribution in [0.4, 0.5) is 5.69 Å². The molecule has 0 spiro atoms. The number of rotatable bonds is 1. The van der Waals surface area contributed by atoms with E-state index in [2.05, 4.69) is 4.98 Å². The molecule has 1 aromatic heterocycles. The Bertz CT molecular complexity index is 495. The van der Waals surface area contributed by atoms with Gasteiger partial charge in [-0.3, -0.25) is 4.98 Å². The van der Waals surface area contributed by atoms with E-state index in [-0.39, 0.29) is 0 Å². The van der Waals surface area contributed by atoms with Gasteiger partial charge in [0.05, 0.1) is 0 Å². The van der Waals surface area contributed by atoms with E-state index >= 15 is 0 Å². The molecule has 2 aromatic rings. The maximum Gasteiger partial charge on any atom is 0.0426 e. The van der Waals surface area contributed by atoms with E-state index in [0.29, 0.717) is 10.7 Å². The molecule has 0 saturated heterocycles. The molecule has 0 aliphatic rings. The van der Waals surface area contributed by atoms with Crippen LogP contribution < -0.4 is 5.73 Å². The number of nitrogens with two attached hydrogens (primary N) is 1. The highest BCUT2D eigenvalue weighted by atomic mass is 35.5. The van der Waals surface area contributed by atoms with Crippen LogP contribution in [0.15, 0.2) is 36.7 Å². The third-order valence-corrected chi connectivity index (χ3v) is 2.43. The fourth-order valence-corrected chi connectivity index (χ4v) is 1.68. The fraction of sp³-hybridized carbons (Fsp3) is 0.0833. The molecule has 15 heavy (non-hydrogen) atoms. The van der Waals surface area contributed by atoms with E-state index < -0.39 is 0 Å². The van der Waals surface area contributed by atoms with Gasteiger partial charge in [-0.25, -0.2) is 0 Å². The number of anilines is 1. The van der Waals surface area contributed by atoms with Gasteiger partial charge in [-0.1, -0.05) is 17.7 Å². The van der Waals surface area contributed by atoms with Crippen molar-refractivity contribution in [1.82, 2.24) is 4.98 Å². The Kier molecular flexibility index (Phi) is 2.60. The van der Waals surface area contributed by atoms with Crippen LogP contribution in [0.1, 0.15) is 5.56 Å². The summed E-state index contributed by atoms with van der Waals surface area (Å²) in [5, 5.41) is 0.650. The minimum Gasteiger partial charge on any atom is -0.398 e. The van der Waals surface area contributed by atoms with E-state index in [9.17, 15) is 0 Å². The summed E-state index contributed by atoms with van der Waals surface area (Å²) >= 11 is 5.84. The zero-order chi connectivity index (χ0) is 10.8. The number of hydrogen-bond donors (Lipinski definition) is 1. The Morgan fingerprint density at radius 3 is 2.67 bits per heavy atom. The van der Waals surface area contributed by atoms with Crippen LogP contribution >= 0.6 is 11.6 Å². The lowest BCUT2D eigenvalue weighted by molar-refractivity contribution is 1.27. The van der Waals surface area contributed by atoms with Gasteiger partial charge in [0.15, 0.2) is 0 Å². The van der Waals surface area contributed by atoms with Crippen molar-refractivity contribution in [2.45, 2.75) is 6.92 Å². The second kappa shape index (κ2) is 3.91. The molecule has 76 valence electrons. The molecule has 0 unspecified atom stereocenters. The molecule has 3 heteroatoms. The lowest BCUT2D eigenvalue weighted by Crippen LogP contribution is -1.90. The number of benzene rings is 1. The van der Waals surface area contributed by atoms with Crippen LogP contribution in [0.25, 0.3) is 11.1 Å². The third kappa shape index (κ3) is 2.10. The molecule has 1 heterocycles. The van der Waals surface area contributed by atoms with Crippen molar-refractivity contribution in [2.75, 3.05) is 5.73 Å². The van der Waals surface area contributed by atoms with Crippen molar-refractivity contribution in [3.63, 3.8) is 0 Å².